The third-order valence-corrected chi connectivity index (χ3v) is 10.1. The van der Waals surface area contributed by atoms with Crippen LogP contribution in [0.5, 0.6) is 0 Å². The Kier molecular flexibility index (Phi) is 6.05. The Labute approximate surface area is 222 Å². The standard InChI is InChI=1S/C29H36O9/c1-17-7-10-27-15-34-24(32)13-19-8-11-35-28(18(2)30,25(19)33)9-5-4-6-23(31)38-20-14-22(37-21(27)12-17)29(16-36-29)26(20,27)3/h4-6,9,12-13,18,20-22,25,30,33H,7-8,10-11,14-16H2,1-3H3/b6-4-,9-5+,19-13+/t18?,20-,21-,22-,25?,26-,27-,28?,29?/m1/s1. The lowest BCUT2D eigenvalue weighted by molar-refractivity contribution is -0.232. The van der Waals surface area contributed by atoms with E-state index < -0.39 is 52.3 Å². The maximum absolute atomic E-state index is 13.2. The summed E-state index contributed by atoms with van der Waals surface area (Å²) >= 11 is 0. The van der Waals surface area contributed by atoms with Gasteiger partial charge in [-0.25, -0.2) is 9.59 Å². The maximum Gasteiger partial charge on any atom is 0.331 e. The van der Waals surface area contributed by atoms with E-state index in [1.165, 1.54) is 36.8 Å². The van der Waals surface area contributed by atoms with Gasteiger partial charge >= 0.3 is 11.9 Å². The molecular formula is C29H36O9. The minimum atomic E-state index is -1.47. The number of aliphatic hydroxyl groups excluding tert-OH is 2. The van der Waals surface area contributed by atoms with E-state index in [4.69, 9.17) is 23.7 Å². The average molecular weight is 529 g/mol. The topological polar surface area (TPSA) is 124 Å². The molecule has 2 aliphatic carbocycles. The van der Waals surface area contributed by atoms with Gasteiger partial charge in [-0.2, -0.15) is 0 Å². The molecule has 0 aromatic rings. The first-order valence-electron chi connectivity index (χ1n) is 13.5. The summed E-state index contributed by atoms with van der Waals surface area (Å²) in [5.41, 5.74) is -1.76. The average Bonchev–Trinajstić information content (AvgIpc) is 3.65. The number of cyclic esters (lactones) is 1. The summed E-state index contributed by atoms with van der Waals surface area (Å²) in [6, 6.07) is 0. The van der Waals surface area contributed by atoms with Crippen molar-refractivity contribution in [2.24, 2.45) is 10.8 Å². The van der Waals surface area contributed by atoms with Gasteiger partial charge < -0.3 is 33.9 Å². The highest BCUT2D eigenvalue weighted by Gasteiger charge is 2.83. The second-order valence-corrected chi connectivity index (χ2v) is 11.8. The number of ether oxygens (including phenoxy) is 5. The van der Waals surface area contributed by atoms with Crippen LogP contribution in [0, 0.1) is 10.8 Å². The molecule has 6 aliphatic rings. The predicted molar refractivity (Wildman–Crippen MR) is 134 cm³/mol. The number of carbonyl (C=O) groups is 2. The summed E-state index contributed by atoms with van der Waals surface area (Å²) in [7, 11) is 0. The summed E-state index contributed by atoms with van der Waals surface area (Å²) in [6.07, 6.45) is 8.21. The van der Waals surface area contributed by atoms with Crippen LogP contribution in [-0.4, -0.2) is 83.7 Å². The third kappa shape index (κ3) is 3.48. The fourth-order valence-corrected chi connectivity index (χ4v) is 7.68. The van der Waals surface area contributed by atoms with Crippen LogP contribution in [0.3, 0.4) is 0 Å². The molecule has 4 fully saturated rings. The number of allylic oxidation sites excluding steroid dienone is 3. The molecule has 2 spiro atoms. The van der Waals surface area contributed by atoms with E-state index in [0.717, 1.165) is 6.42 Å². The summed E-state index contributed by atoms with van der Waals surface area (Å²) in [5, 5.41) is 21.7. The molecule has 0 aromatic carbocycles. The van der Waals surface area contributed by atoms with Crippen molar-refractivity contribution >= 4 is 11.9 Å². The molecule has 0 aromatic heterocycles. The molecule has 38 heavy (non-hydrogen) atoms. The van der Waals surface area contributed by atoms with E-state index in [1.54, 1.807) is 6.08 Å². The zero-order chi connectivity index (χ0) is 26.9. The number of fused-ring (bicyclic) bond motifs is 2. The summed E-state index contributed by atoms with van der Waals surface area (Å²) in [6.45, 7) is 6.43. The van der Waals surface area contributed by atoms with Crippen molar-refractivity contribution in [3.05, 3.63) is 47.6 Å². The molecule has 4 aliphatic heterocycles. The first kappa shape index (κ1) is 26.0. The fraction of sp³-hybridized carbons (Fsp3) is 0.655. The Morgan fingerprint density at radius 2 is 1.87 bits per heavy atom. The molecule has 206 valence electrons. The molecule has 4 unspecified atom stereocenters. The molecule has 0 amide bonds. The van der Waals surface area contributed by atoms with Crippen LogP contribution in [0.2, 0.25) is 0 Å². The van der Waals surface area contributed by atoms with Gasteiger partial charge in [0.25, 0.3) is 0 Å². The normalized spacial score (nSPS) is 50.0. The highest BCUT2D eigenvalue weighted by Crippen LogP contribution is 2.72. The number of carbonyl (C=O) groups excluding carboxylic acids is 2. The molecular weight excluding hydrogens is 492 g/mol. The van der Waals surface area contributed by atoms with Gasteiger partial charge in [0.15, 0.2) is 0 Å². The Bertz CT molecular complexity index is 1150. The second-order valence-electron chi connectivity index (χ2n) is 11.8. The number of hydrogen-bond donors (Lipinski definition) is 2. The van der Waals surface area contributed by atoms with Gasteiger partial charge in [0, 0.05) is 24.0 Å². The van der Waals surface area contributed by atoms with E-state index in [9.17, 15) is 19.8 Å². The van der Waals surface area contributed by atoms with E-state index in [2.05, 4.69) is 19.9 Å². The van der Waals surface area contributed by atoms with Crippen LogP contribution in [-0.2, 0) is 33.3 Å². The Balaban J connectivity index is 1.44. The highest BCUT2D eigenvalue weighted by molar-refractivity contribution is 5.83. The number of aliphatic hydroxyl groups is 2. The number of hydrogen-bond acceptors (Lipinski definition) is 9. The van der Waals surface area contributed by atoms with Gasteiger partial charge in [-0.15, -0.1) is 0 Å². The Morgan fingerprint density at radius 3 is 2.61 bits per heavy atom. The van der Waals surface area contributed by atoms with E-state index in [1.807, 2.05) is 0 Å². The van der Waals surface area contributed by atoms with Gasteiger partial charge in [0.1, 0.15) is 30.0 Å². The minimum Gasteiger partial charge on any atom is -0.462 e. The molecule has 4 heterocycles. The van der Waals surface area contributed by atoms with Crippen molar-refractivity contribution in [3.63, 3.8) is 0 Å². The second kappa shape index (κ2) is 8.86. The molecule has 6 rings (SSSR count). The van der Waals surface area contributed by atoms with Crippen LogP contribution in [0.25, 0.3) is 0 Å². The minimum absolute atomic E-state index is 0.0519. The highest BCUT2D eigenvalue weighted by atomic mass is 16.6. The third-order valence-electron chi connectivity index (χ3n) is 10.1. The lowest BCUT2D eigenvalue weighted by Gasteiger charge is -2.58. The van der Waals surface area contributed by atoms with Crippen molar-refractivity contribution in [3.8, 4) is 0 Å². The van der Waals surface area contributed by atoms with Gasteiger partial charge in [0.2, 0.25) is 0 Å². The van der Waals surface area contributed by atoms with Crippen LogP contribution >= 0.6 is 0 Å². The summed E-state index contributed by atoms with van der Waals surface area (Å²) < 4.78 is 30.6. The first-order chi connectivity index (χ1) is 18.1. The number of epoxide rings is 1. The molecule has 9 nitrogen and oxygen atoms in total. The van der Waals surface area contributed by atoms with Crippen molar-refractivity contribution in [2.45, 2.75) is 88.2 Å². The first-order valence-corrected chi connectivity index (χ1v) is 13.5. The van der Waals surface area contributed by atoms with Gasteiger partial charge in [0.05, 0.1) is 36.9 Å². The zero-order valence-electron chi connectivity index (χ0n) is 22.1. The van der Waals surface area contributed by atoms with Gasteiger partial charge in [-0.3, -0.25) is 0 Å². The van der Waals surface area contributed by atoms with Crippen molar-refractivity contribution < 1.29 is 43.5 Å². The van der Waals surface area contributed by atoms with Gasteiger partial charge in [-0.05, 0) is 44.8 Å². The lowest BCUT2D eigenvalue weighted by atomic mass is 9.51. The summed E-state index contributed by atoms with van der Waals surface area (Å²) in [4.78, 5) is 26.2. The lowest BCUT2D eigenvalue weighted by Crippen LogP contribution is -2.66. The largest absolute Gasteiger partial charge is 0.462 e. The fourth-order valence-electron chi connectivity index (χ4n) is 7.68. The van der Waals surface area contributed by atoms with Crippen molar-refractivity contribution in [1.82, 2.24) is 0 Å². The molecule has 4 bridgehead atoms. The Morgan fingerprint density at radius 1 is 1.08 bits per heavy atom. The van der Waals surface area contributed by atoms with E-state index in [0.29, 0.717) is 31.4 Å². The van der Waals surface area contributed by atoms with Crippen LogP contribution in [0.4, 0.5) is 0 Å². The molecule has 9 atom stereocenters. The number of rotatable bonds is 1. The quantitative estimate of drug-likeness (QED) is 0.299. The zero-order valence-corrected chi connectivity index (χ0v) is 22.1. The monoisotopic (exact) mass is 528 g/mol. The van der Waals surface area contributed by atoms with Gasteiger partial charge in [-0.1, -0.05) is 30.7 Å². The maximum atomic E-state index is 13.2. The predicted octanol–water partition coefficient (Wildman–Crippen LogP) is 2.07. The van der Waals surface area contributed by atoms with Crippen LogP contribution < -0.4 is 0 Å². The van der Waals surface area contributed by atoms with Crippen LogP contribution in [0.15, 0.2) is 47.6 Å². The van der Waals surface area contributed by atoms with Crippen molar-refractivity contribution in [1.29, 1.82) is 0 Å². The van der Waals surface area contributed by atoms with Crippen LogP contribution in [0.1, 0.15) is 46.5 Å². The molecule has 1 saturated carbocycles. The van der Waals surface area contributed by atoms with E-state index in [-0.39, 0.29) is 25.4 Å². The molecule has 3 saturated heterocycles. The smallest absolute Gasteiger partial charge is 0.331 e. The number of esters is 2. The SMILES string of the molecule is CC1=C[C@H]2O[C@@H]3C[C@H]4OC(=O)/C=C\C=C\C5(C(C)O)OCC/C(=C\C(=O)OC[C@@]2(CC1)[C@]4(C)C31CO1)C5O. The van der Waals surface area contributed by atoms with Crippen molar-refractivity contribution in [2.75, 3.05) is 19.8 Å². The molecule has 2 N–H and O–H groups in total. The molecule has 9 heteroatoms. The van der Waals surface area contributed by atoms with E-state index >= 15 is 0 Å². The Hall–Kier alpha value is -2.30. The molecule has 0 radical (unpaired) electrons. The summed E-state index contributed by atoms with van der Waals surface area (Å²) in [5.74, 6) is -1.10.